The van der Waals surface area contributed by atoms with Crippen molar-refractivity contribution >= 4 is 40.2 Å². The van der Waals surface area contributed by atoms with Crippen molar-refractivity contribution in [1.29, 1.82) is 0 Å². The van der Waals surface area contributed by atoms with Crippen LogP contribution in [0.15, 0.2) is 36.5 Å². The van der Waals surface area contributed by atoms with E-state index in [-0.39, 0.29) is 5.92 Å². The van der Waals surface area contributed by atoms with Gasteiger partial charge in [-0.1, -0.05) is 35.3 Å². The summed E-state index contributed by atoms with van der Waals surface area (Å²) < 4.78 is 23.8. The number of ether oxygens (including phenoxy) is 4. The molecule has 9 nitrogen and oxygen atoms in total. The summed E-state index contributed by atoms with van der Waals surface area (Å²) in [4.78, 5) is 13.8. The monoisotopic (exact) mass is 606 g/mol. The second-order valence-corrected chi connectivity index (χ2v) is 12.0. The lowest BCUT2D eigenvalue weighted by Gasteiger charge is -2.33. The summed E-state index contributed by atoms with van der Waals surface area (Å²) in [6.07, 6.45) is 1.60. The van der Waals surface area contributed by atoms with E-state index in [0.717, 1.165) is 34.6 Å². The minimum Gasteiger partial charge on any atom is -0.444 e. The molecule has 11 heteroatoms. The number of benzene rings is 2. The number of aromatic nitrogens is 2. The van der Waals surface area contributed by atoms with Crippen LogP contribution >= 0.6 is 23.2 Å². The number of alkyl carbamates (subject to hydrolysis) is 1. The number of nitrogens with zero attached hydrogens (tertiary/aromatic N) is 3. The van der Waals surface area contributed by atoms with Crippen LogP contribution in [0.4, 0.5) is 4.79 Å². The molecule has 4 rings (SSSR count). The van der Waals surface area contributed by atoms with E-state index in [1.165, 1.54) is 11.1 Å². The summed E-state index contributed by atoms with van der Waals surface area (Å²) in [6.45, 7) is 11.0. The number of rotatable bonds is 13. The van der Waals surface area contributed by atoms with Crippen molar-refractivity contribution in [3.05, 3.63) is 63.3 Å². The van der Waals surface area contributed by atoms with Gasteiger partial charge < -0.3 is 29.2 Å². The summed E-state index contributed by atoms with van der Waals surface area (Å²) in [6, 6.07) is 10.3. The maximum atomic E-state index is 11.6. The number of nitrogens with one attached hydrogen (secondary N) is 1. The third kappa shape index (κ3) is 9.56. The van der Waals surface area contributed by atoms with Crippen LogP contribution in [0, 0.1) is 0 Å². The Labute approximate surface area is 252 Å². The maximum Gasteiger partial charge on any atom is 0.407 e. The van der Waals surface area contributed by atoms with Gasteiger partial charge in [-0.25, -0.2) is 4.79 Å². The van der Waals surface area contributed by atoms with Gasteiger partial charge in [0.1, 0.15) is 5.60 Å². The van der Waals surface area contributed by atoms with Crippen LogP contribution in [0.25, 0.3) is 10.9 Å². The summed E-state index contributed by atoms with van der Waals surface area (Å²) in [5.74, 6) is 0.178. The second-order valence-electron chi connectivity index (χ2n) is 11.2. The molecule has 0 saturated carbocycles. The lowest BCUT2D eigenvalue weighted by molar-refractivity contribution is 0.0123. The van der Waals surface area contributed by atoms with Crippen LogP contribution in [-0.4, -0.2) is 86.2 Å². The molecule has 0 saturated heterocycles. The number of hydrogen-bond donors (Lipinski definition) is 1. The molecule has 224 valence electrons. The molecule has 1 aliphatic rings. The lowest BCUT2D eigenvalue weighted by atomic mass is 9.84. The van der Waals surface area contributed by atoms with Gasteiger partial charge in [-0.15, -0.1) is 0 Å². The molecular weight excluding hydrogens is 567 g/mol. The van der Waals surface area contributed by atoms with E-state index in [0.29, 0.717) is 57.8 Å². The lowest BCUT2D eigenvalue weighted by Crippen LogP contribution is -2.34. The summed E-state index contributed by atoms with van der Waals surface area (Å²) in [5.41, 5.74) is 3.97. The zero-order valence-corrected chi connectivity index (χ0v) is 25.8. The number of fused-ring (bicyclic) bond motifs is 2. The fraction of sp³-hybridized carbons (Fsp3) is 0.533. The Morgan fingerprint density at radius 1 is 1.02 bits per heavy atom. The molecule has 0 radical (unpaired) electrons. The molecule has 2 heterocycles. The smallest absolute Gasteiger partial charge is 0.407 e. The Bertz CT molecular complexity index is 1310. The average molecular weight is 608 g/mol. The Hall–Kier alpha value is -2.40. The highest BCUT2D eigenvalue weighted by molar-refractivity contribution is 6.35. The van der Waals surface area contributed by atoms with Gasteiger partial charge in [0.15, 0.2) is 0 Å². The van der Waals surface area contributed by atoms with E-state index in [9.17, 15) is 4.79 Å². The normalized spacial score (nSPS) is 15.7. The van der Waals surface area contributed by atoms with E-state index in [1.54, 1.807) is 0 Å². The molecule has 1 aromatic heterocycles. The van der Waals surface area contributed by atoms with Crippen LogP contribution in [0.2, 0.25) is 10.0 Å². The van der Waals surface area contributed by atoms with Crippen molar-refractivity contribution < 1.29 is 23.7 Å². The van der Waals surface area contributed by atoms with Crippen LogP contribution in [-0.2, 0) is 32.0 Å². The van der Waals surface area contributed by atoms with Crippen molar-refractivity contribution in [1.82, 2.24) is 20.0 Å². The zero-order chi connectivity index (χ0) is 29.4. The number of hydrogen-bond acceptors (Lipinski definition) is 7. The highest BCUT2D eigenvalue weighted by Gasteiger charge is 2.27. The van der Waals surface area contributed by atoms with E-state index in [2.05, 4.69) is 35.5 Å². The first-order valence-corrected chi connectivity index (χ1v) is 14.7. The molecule has 0 spiro atoms. The molecule has 0 fully saturated rings. The van der Waals surface area contributed by atoms with Gasteiger partial charge in [-0.3, -0.25) is 4.68 Å². The first-order valence-electron chi connectivity index (χ1n) is 13.9. The van der Waals surface area contributed by atoms with E-state index < -0.39 is 11.7 Å². The van der Waals surface area contributed by atoms with E-state index in [4.69, 9.17) is 47.2 Å². The van der Waals surface area contributed by atoms with Crippen molar-refractivity contribution in [3.8, 4) is 0 Å². The van der Waals surface area contributed by atoms with Crippen LogP contribution < -0.4 is 5.32 Å². The predicted octanol–water partition coefficient (Wildman–Crippen LogP) is 5.49. The SMILES string of the molecule is CN1Cc2c(Cl)cc(Cl)cc2C(c2ccc3cn(CCOCCOCCOCCNC(=O)OC(C)(C)C)nc3c2)C1. The van der Waals surface area contributed by atoms with E-state index in [1.807, 2.05) is 43.8 Å². The number of carbonyl (C=O) groups excluding carboxylic acids is 1. The summed E-state index contributed by atoms with van der Waals surface area (Å²) in [5, 5.41) is 9.90. The maximum absolute atomic E-state index is 11.6. The van der Waals surface area contributed by atoms with Gasteiger partial charge in [0.2, 0.25) is 0 Å². The molecule has 41 heavy (non-hydrogen) atoms. The van der Waals surface area contributed by atoms with Crippen molar-refractivity contribution in [2.45, 2.75) is 45.4 Å². The standard InChI is InChI=1S/C30H40Cl2N4O5/c1-30(2,3)41-29(37)33-7-9-38-11-13-40-14-12-39-10-8-36-18-22-6-5-21(15-28(22)34-36)25-19-35(4)20-26-24(25)16-23(31)17-27(26)32/h5-6,15-18,25H,7-14,19-20H2,1-4H3,(H,33,37). The molecule has 0 aliphatic carbocycles. The van der Waals surface area contributed by atoms with Gasteiger partial charge in [0.05, 0.1) is 51.7 Å². The molecule has 1 unspecified atom stereocenters. The largest absolute Gasteiger partial charge is 0.444 e. The van der Waals surface area contributed by atoms with Crippen molar-refractivity contribution in [3.63, 3.8) is 0 Å². The van der Waals surface area contributed by atoms with E-state index >= 15 is 0 Å². The van der Waals surface area contributed by atoms with Crippen LogP contribution in [0.5, 0.6) is 0 Å². The Balaban J connectivity index is 1.14. The minimum atomic E-state index is -0.511. The fourth-order valence-electron chi connectivity index (χ4n) is 4.79. The molecule has 1 amide bonds. The highest BCUT2D eigenvalue weighted by atomic mass is 35.5. The molecule has 3 aromatic rings. The second kappa shape index (κ2) is 14.7. The fourth-order valence-corrected chi connectivity index (χ4v) is 5.35. The molecule has 1 aliphatic heterocycles. The number of carbonyl (C=O) groups is 1. The number of amides is 1. The van der Waals surface area contributed by atoms with Crippen molar-refractivity contribution in [2.75, 3.05) is 59.8 Å². The van der Waals surface area contributed by atoms with Crippen LogP contribution in [0.1, 0.15) is 43.4 Å². The third-order valence-electron chi connectivity index (χ3n) is 6.60. The van der Waals surface area contributed by atoms with Gasteiger partial charge in [-0.05, 0) is 62.7 Å². The number of likely N-dealkylation sites (N-methyl/N-ethyl adjacent to an activating group) is 1. The van der Waals surface area contributed by atoms with Crippen LogP contribution in [0.3, 0.4) is 0 Å². The Morgan fingerprint density at radius 3 is 2.46 bits per heavy atom. The average Bonchev–Trinajstić information content (AvgIpc) is 3.30. The minimum absolute atomic E-state index is 0.178. The molecule has 2 aromatic carbocycles. The number of halogens is 2. The third-order valence-corrected chi connectivity index (χ3v) is 7.15. The van der Waals surface area contributed by atoms with Gasteiger partial charge in [0.25, 0.3) is 0 Å². The highest BCUT2D eigenvalue weighted by Crippen LogP contribution is 2.39. The van der Waals surface area contributed by atoms with Gasteiger partial charge in [0, 0.05) is 47.2 Å². The topological polar surface area (TPSA) is 87.1 Å². The summed E-state index contributed by atoms with van der Waals surface area (Å²) in [7, 11) is 2.11. The Kier molecular flexibility index (Phi) is 11.3. The van der Waals surface area contributed by atoms with Crippen molar-refractivity contribution in [2.24, 2.45) is 0 Å². The first kappa shape index (κ1) is 31.5. The molecule has 1 atom stereocenters. The zero-order valence-electron chi connectivity index (χ0n) is 24.3. The predicted molar refractivity (Wildman–Crippen MR) is 161 cm³/mol. The Morgan fingerprint density at radius 2 is 1.73 bits per heavy atom. The van der Waals surface area contributed by atoms with Gasteiger partial charge in [-0.2, -0.15) is 5.10 Å². The molecule has 1 N–H and O–H groups in total. The molecule has 0 bridgehead atoms. The first-order chi connectivity index (χ1) is 19.6. The summed E-state index contributed by atoms with van der Waals surface area (Å²) >= 11 is 12.9. The molecular formula is C30H40Cl2N4O5. The van der Waals surface area contributed by atoms with Gasteiger partial charge >= 0.3 is 6.09 Å². The quantitative estimate of drug-likeness (QED) is 0.257.